The minimum atomic E-state index is -0.791. The lowest BCUT2D eigenvalue weighted by Crippen LogP contribution is -2.45. The van der Waals surface area contributed by atoms with Crippen molar-refractivity contribution in [3.05, 3.63) is 0 Å². The molecule has 5 heteroatoms. The summed E-state index contributed by atoms with van der Waals surface area (Å²) in [6.45, 7) is 4.16. The molecule has 0 bridgehead atoms. The van der Waals surface area contributed by atoms with Crippen LogP contribution in [0.5, 0.6) is 0 Å². The number of carboxylic acids is 1. The van der Waals surface area contributed by atoms with E-state index >= 15 is 0 Å². The molecular formula is C13H23NO4. The third-order valence-corrected chi connectivity index (χ3v) is 3.74. The van der Waals surface area contributed by atoms with Crippen molar-refractivity contribution in [2.24, 2.45) is 5.41 Å². The Hall–Kier alpha value is -1.10. The second-order valence-corrected chi connectivity index (χ2v) is 5.84. The number of ether oxygens (including phenoxy) is 1. The van der Waals surface area contributed by atoms with Crippen molar-refractivity contribution in [1.82, 2.24) is 5.32 Å². The summed E-state index contributed by atoms with van der Waals surface area (Å²) in [6, 6.07) is 0. The first kappa shape index (κ1) is 15.0. The zero-order valence-electron chi connectivity index (χ0n) is 11.4. The number of carbonyl (C=O) groups excluding carboxylic acids is 1. The number of carbonyl (C=O) groups is 2. The Morgan fingerprint density at radius 1 is 1.39 bits per heavy atom. The molecule has 0 aromatic rings. The summed E-state index contributed by atoms with van der Waals surface area (Å²) in [7, 11) is 1.57. The Kier molecular flexibility index (Phi) is 4.73. The second kappa shape index (κ2) is 5.69. The highest BCUT2D eigenvalue weighted by atomic mass is 16.5. The fraction of sp³-hybridized carbons (Fsp3) is 0.846. The first-order valence-electron chi connectivity index (χ1n) is 6.32. The molecular weight excluding hydrogens is 234 g/mol. The van der Waals surface area contributed by atoms with Crippen LogP contribution in [0, 0.1) is 5.41 Å². The Morgan fingerprint density at radius 2 is 2.00 bits per heavy atom. The molecule has 0 spiro atoms. The first-order chi connectivity index (χ1) is 8.29. The molecule has 1 aliphatic rings. The molecule has 0 unspecified atom stereocenters. The van der Waals surface area contributed by atoms with Gasteiger partial charge in [0, 0.05) is 13.7 Å². The van der Waals surface area contributed by atoms with Gasteiger partial charge in [-0.2, -0.15) is 0 Å². The predicted molar refractivity (Wildman–Crippen MR) is 67.3 cm³/mol. The Bertz CT molecular complexity index is 321. The van der Waals surface area contributed by atoms with E-state index in [1.54, 1.807) is 7.11 Å². The van der Waals surface area contributed by atoms with Gasteiger partial charge in [-0.25, -0.2) is 0 Å². The summed E-state index contributed by atoms with van der Waals surface area (Å²) < 4.78 is 5.19. The summed E-state index contributed by atoms with van der Waals surface area (Å²) >= 11 is 0. The van der Waals surface area contributed by atoms with Gasteiger partial charge in [0.15, 0.2) is 0 Å². The summed E-state index contributed by atoms with van der Waals surface area (Å²) in [5.74, 6) is -0.875. The largest absolute Gasteiger partial charge is 0.481 e. The SMILES string of the molecule is COC(C)(C)CC(=O)NCC1(CC(=O)O)CCC1. The molecule has 1 saturated carbocycles. The number of hydrogen-bond donors (Lipinski definition) is 2. The van der Waals surface area contributed by atoms with Crippen LogP contribution in [-0.4, -0.2) is 36.2 Å². The number of carboxylic acid groups (broad SMARTS) is 1. The molecule has 1 fully saturated rings. The Balaban J connectivity index is 2.39. The average molecular weight is 257 g/mol. The van der Waals surface area contributed by atoms with E-state index < -0.39 is 11.6 Å². The fourth-order valence-corrected chi connectivity index (χ4v) is 2.22. The molecule has 0 heterocycles. The smallest absolute Gasteiger partial charge is 0.303 e. The maximum Gasteiger partial charge on any atom is 0.303 e. The van der Waals surface area contributed by atoms with E-state index in [-0.39, 0.29) is 24.2 Å². The lowest BCUT2D eigenvalue weighted by atomic mass is 9.66. The van der Waals surface area contributed by atoms with E-state index in [1.165, 1.54) is 0 Å². The summed E-state index contributed by atoms with van der Waals surface area (Å²) in [5, 5.41) is 11.7. The monoisotopic (exact) mass is 257 g/mol. The van der Waals surface area contributed by atoms with Crippen molar-refractivity contribution >= 4 is 11.9 Å². The van der Waals surface area contributed by atoms with Gasteiger partial charge in [0.05, 0.1) is 18.4 Å². The van der Waals surface area contributed by atoms with E-state index in [0.717, 1.165) is 19.3 Å². The van der Waals surface area contributed by atoms with E-state index in [0.29, 0.717) is 6.54 Å². The molecule has 0 atom stereocenters. The second-order valence-electron chi connectivity index (χ2n) is 5.84. The molecule has 18 heavy (non-hydrogen) atoms. The van der Waals surface area contributed by atoms with Gasteiger partial charge in [-0.15, -0.1) is 0 Å². The van der Waals surface area contributed by atoms with Gasteiger partial charge < -0.3 is 15.2 Å². The number of methoxy groups -OCH3 is 1. The van der Waals surface area contributed by atoms with Crippen LogP contribution in [0.3, 0.4) is 0 Å². The van der Waals surface area contributed by atoms with Gasteiger partial charge in [-0.3, -0.25) is 9.59 Å². The standard InChI is InChI=1S/C13H23NO4/c1-12(2,18-3)7-10(15)14-9-13(5-4-6-13)8-11(16)17/h4-9H2,1-3H3,(H,14,15)(H,16,17). The summed E-state index contributed by atoms with van der Waals surface area (Å²) in [6.07, 6.45) is 3.24. The number of aliphatic carboxylic acids is 1. The van der Waals surface area contributed by atoms with Crippen molar-refractivity contribution in [2.75, 3.05) is 13.7 Å². The number of amides is 1. The molecule has 1 aliphatic carbocycles. The first-order valence-corrected chi connectivity index (χ1v) is 6.32. The molecule has 5 nitrogen and oxygen atoms in total. The van der Waals surface area contributed by atoms with E-state index in [1.807, 2.05) is 13.8 Å². The van der Waals surface area contributed by atoms with Crippen molar-refractivity contribution in [2.45, 2.75) is 51.6 Å². The molecule has 104 valence electrons. The Labute approximate surface area is 108 Å². The minimum Gasteiger partial charge on any atom is -0.481 e. The van der Waals surface area contributed by atoms with Crippen LogP contribution in [-0.2, 0) is 14.3 Å². The number of nitrogens with one attached hydrogen (secondary N) is 1. The van der Waals surface area contributed by atoms with Crippen molar-refractivity contribution in [3.8, 4) is 0 Å². The molecule has 0 aromatic heterocycles. The normalized spacial score (nSPS) is 17.9. The predicted octanol–water partition coefficient (Wildman–Crippen LogP) is 1.56. The third-order valence-electron chi connectivity index (χ3n) is 3.74. The highest BCUT2D eigenvalue weighted by molar-refractivity contribution is 5.77. The van der Waals surface area contributed by atoms with Crippen LogP contribution in [0.4, 0.5) is 0 Å². The summed E-state index contributed by atoms with van der Waals surface area (Å²) in [4.78, 5) is 22.5. The van der Waals surface area contributed by atoms with Crippen LogP contribution < -0.4 is 5.32 Å². The zero-order valence-corrected chi connectivity index (χ0v) is 11.4. The Morgan fingerprint density at radius 3 is 2.39 bits per heavy atom. The lowest BCUT2D eigenvalue weighted by Gasteiger charge is -2.41. The van der Waals surface area contributed by atoms with Gasteiger partial charge in [0.25, 0.3) is 0 Å². The molecule has 0 radical (unpaired) electrons. The summed E-state index contributed by atoms with van der Waals surface area (Å²) in [5.41, 5.74) is -0.706. The fourth-order valence-electron chi connectivity index (χ4n) is 2.22. The molecule has 0 aromatic carbocycles. The van der Waals surface area contributed by atoms with Gasteiger partial charge in [-0.1, -0.05) is 6.42 Å². The van der Waals surface area contributed by atoms with E-state index in [2.05, 4.69) is 5.32 Å². The van der Waals surface area contributed by atoms with Crippen LogP contribution in [0.1, 0.15) is 46.0 Å². The van der Waals surface area contributed by atoms with Crippen LogP contribution in [0.2, 0.25) is 0 Å². The quantitative estimate of drug-likeness (QED) is 0.725. The number of hydrogen-bond acceptors (Lipinski definition) is 3. The maximum atomic E-state index is 11.8. The topological polar surface area (TPSA) is 75.6 Å². The third kappa shape index (κ3) is 4.29. The maximum absolute atomic E-state index is 11.8. The van der Waals surface area contributed by atoms with Gasteiger partial charge in [0.2, 0.25) is 5.91 Å². The van der Waals surface area contributed by atoms with Gasteiger partial charge >= 0.3 is 5.97 Å². The molecule has 2 N–H and O–H groups in total. The number of rotatable bonds is 7. The van der Waals surface area contributed by atoms with Crippen LogP contribution >= 0.6 is 0 Å². The highest BCUT2D eigenvalue weighted by Crippen LogP contribution is 2.43. The van der Waals surface area contributed by atoms with E-state index in [9.17, 15) is 9.59 Å². The van der Waals surface area contributed by atoms with Crippen LogP contribution in [0.25, 0.3) is 0 Å². The lowest BCUT2D eigenvalue weighted by molar-refractivity contribution is -0.142. The van der Waals surface area contributed by atoms with Crippen molar-refractivity contribution < 1.29 is 19.4 Å². The molecule has 1 rings (SSSR count). The van der Waals surface area contributed by atoms with Gasteiger partial charge in [0.1, 0.15) is 0 Å². The molecule has 1 amide bonds. The van der Waals surface area contributed by atoms with E-state index in [4.69, 9.17) is 9.84 Å². The van der Waals surface area contributed by atoms with Crippen molar-refractivity contribution in [3.63, 3.8) is 0 Å². The highest BCUT2D eigenvalue weighted by Gasteiger charge is 2.39. The minimum absolute atomic E-state index is 0.0847. The molecule has 0 saturated heterocycles. The van der Waals surface area contributed by atoms with Crippen LogP contribution in [0.15, 0.2) is 0 Å². The van der Waals surface area contributed by atoms with Gasteiger partial charge in [-0.05, 0) is 32.1 Å². The average Bonchev–Trinajstić information content (AvgIpc) is 2.21. The van der Waals surface area contributed by atoms with Crippen molar-refractivity contribution in [1.29, 1.82) is 0 Å². The zero-order chi connectivity index (χ0) is 13.8. The molecule has 0 aliphatic heterocycles.